The van der Waals surface area contributed by atoms with Crippen LogP contribution in [0.15, 0.2) is 29.2 Å². The van der Waals surface area contributed by atoms with E-state index in [1.54, 1.807) is 0 Å². The van der Waals surface area contributed by atoms with Crippen molar-refractivity contribution in [3.8, 4) is 6.07 Å². The summed E-state index contributed by atoms with van der Waals surface area (Å²) in [6, 6.07) is 7.02. The normalized spacial score (nSPS) is 25.2. The van der Waals surface area contributed by atoms with E-state index in [4.69, 9.17) is 10.00 Å². The summed E-state index contributed by atoms with van der Waals surface area (Å²) in [7, 11) is -4.58. The van der Waals surface area contributed by atoms with Crippen LogP contribution in [0.3, 0.4) is 0 Å². The lowest BCUT2D eigenvalue weighted by molar-refractivity contribution is -0.0169. The molecule has 2 aliphatic rings. The molecule has 1 aromatic rings. The molecule has 142 valence electrons. The van der Waals surface area contributed by atoms with Gasteiger partial charge in [-0.05, 0) is 24.3 Å². The Morgan fingerprint density at radius 2 is 1.81 bits per heavy atom. The van der Waals surface area contributed by atoms with E-state index in [-0.39, 0.29) is 31.1 Å². The van der Waals surface area contributed by atoms with Gasteiger partial charge in [0.2, 0.25) is 10.0 Å². The summed E-state index contributed by atoms with van der Waals surface area (Å²) < 4.78 is 60.1. The zero-order chi connectivity index (χ0) is 19.1. The Bertz CT molecular complexity index is 922. The molecule has 2 heterocycles. The molecule has 0 saturated carbocycles. The Morgan fingerprint density at radius 1 is 1.15 bits per heavy atom. The van der Waals surface area contributed by atoms with Crippen molar-refractivity contribution in [2.24, 2.45) is 0 Å². The highest BCUT2D eigenvalue weighted by atomic mass is 32.2. The van der Waals surface area contributed by atoms with Crippen LogP contribution in [0.2, 0.25) is 0 Å². The summed E-state index contributed by atoms with van der Waals surface area (Å²) in [5.74, 6) is 0. The maximum absolute atomic E-state index is 12.9. The number of benzene rings is 1. The fourth-order valence-corrected chi connectivity index (χ4v) is 5.91. The van der Waals surface area contributed by atoms with Crippen molar-refractivity contribution in [1.29, 1.82) is 5.26 Å². The van der Waals surface area contributed by atoms with Crippen molar-refractivity contribution >= 4 is 20.2 Å². The van der Waals surface area contributed by atoms with Gasteiger partial charge in [-0.3, -0.25) is 0 Å². The molecule has 0 aromatic heterocycles. The number of hydrogen-bond acceptors (Lipinski definition) is 6. The number of hydrogen-bond donors (Lipinski definition) is 0. The third-order valence-corrected chi connectivity index (χ3v) is 8.41. The maximum atomic E-state index is 12.9. The van der Waals surface area contributed by atoms with Crippen molar-refractivity contribution < 1.29 is 21.6 Å². The summed E-state index contributed by atoms with van der Waals surface area (Å²) in [5, 5.41) is 8.84. The van der Waals surface area contributed by atoms with Crippen molar-refractivity contribution in [2.75, 3.05) is 40.3 Å². The molecule has 0 aliphatic carbocycles. The first kappa shape index (κ1) is 19.2. The van der Waals surface area contributed by atoms with Crippen molar-refractivity contribution in [2.45, 2.75) is 17.0 Å². The molecule has 2 saturated heterocycles. The quantitative estimate of drug-likeness (QED) is 0.670. The van der Waals surface area contributed by atoms with Crippen molar-refractivity contribution in [3.63, 3.8) is 0 Å². The zero-order valence-electron chi connectivity index (χ0n) is 14.4. The zero-order valence-corrected chi connectivity index (χ0v) is 16.1. The van der Waals surface area contributed by atoms with Gasteiger partial charge in [-0.25, -0.2) is 8.42 Å². The Balaban J connectivity index is 1.87. The minimum absolute atomic E-state index is 0.0278. The molecule has 0 amide bonds. The summed E-state index contributed by atoms with van der Waals surface area (Å²) in [5.41, 5.74) is 0.366. The molecular weight excluding hydrogens is 380 g/mol. The second-order valence-corrected chi connectivity index (χ2v) is 10.4. The highest BCUT2D eigenvalue weighted by Gasteiger charge is 2.48. The molecule has 3 rings (SSSR count). The van der Waals surface area contributed by atoms with E-state index in [0.717, 1.165) is 4.31 Å². The first-order valence-electron chi connectivity index (χ1n) is 7.99. The standard InChI is InChI=1S/C15H20N4O5S2/c1-17(2)26(22,23)19-7-8-24-15-11-18(10-14(15)19)25(20,21)13-5-3-12(9-16)4-6-13/h3-6,14-15H,7-8,10-11H2,1-2H3/t14-,15+/m1/s1. The Morgan fingerprint density at radius 3 is 2.38 bits per heavy atom. The third-order valence-electron chi connectivity index (χ3n) is 4.60. The molecule has 2 fully saturated rings. The van der Waals surface area contributed by atoms with E-state index >= 15 is 0 Å². The molecule has 0 spiro atoms. The lowest BCUT2D eigenvalue weighted by Gasteiger charge is -2.37. The lowest BCUT2D eigenvalue weighted by Crippen LogP contribution is -2.55. The Labute approximate surface area is 153 Å². The van der Waals surface area contributed by atoms with E-state index in [1.165, 1.54) is 47.0 Å². The summed E-state index contributed by atoms with van der Waals surface area (Å²) in [6.07, 6.45) is -0.508. The second-order valence-electron chi connectivity index (χ2n) is 6.34. The van der Waals surface area contributed by atoms with Crippen molar-refractivity contribution in [1.82, 2.24) is 12.9 Å². The smallest absolute Gasteiger partial charge is 0.281 e. The largest absolute Gasteiger partial charge is 0.374 e. The number of morpholine rings is 1. The highest BCUT2D eigenvalue weighted by molar-refractivity contribution is 7.89. The number of nitrogens with zero attached hydrogens (tertiary/aromatic N) is 4. The molecule has 0 radical (unpaired) electrons. The topological polar surface area (TPSA) is 111 Å². The van der Waals surface area contributed by atoms with E-state index in [0.29, 0.717) is 5.56 Å². The van der Waals surface area contributed by atoms with Crippen molar-refractivity contribution in [3.05, 3.63) is 29.8 Å². The third kappa shape index (κ3) is 3.24. The van der Waals surface area contributed by atoms with Gasteiger partial charge in [-0.1, -0.05) is 0 Å². The Hall–Kier alpha value is -1.55. The van der Waals surface area contributed by atoms with Gasteiger partial charge >= 0.3 is 0 Å². The molecule has 0 unspecified atom stereocenters. The van der Waals surface area contributed by atoms with Crippen LogP contribution in [0.1, 0.15) is 5.56 Å². The molecule has 9 nitrogen and oxygen atoms in total. The monoisotopic (exact) mass is 400 g/mol. The van der Waals surface area contributed by atoms with Crippen LogP contribution in [0.25, 0.3) is 0 Å². The van der Waals surface area contributed by atoms with Crippen LogP contribution in [-0.4, -0.2) is 82.2 Å². The maximum Gasteiger partial charge on any atom is 0.281 e. The van der Waals surface area contributed by atoms with Gasteiger partial charge in [0.15, 0.2) is 0 Å². The minimum Gasteiger partial charge on any atom is -0.374 e. The van der Waals surface area contributed by atoms with E-state index in [9.17, 15) is 16.8 Å². The van der Waals surface area contributed by atoms with Gasteiger partial charge in [-0.2, -0.15) is 26.6 Å². The second kappa shape index (κ2) is 6.88. The molecule has 0 N–H and O–H groups in total. The van der Waals surface area contributed by atoms with Crippen LogP contribution < -0.4 is 0 Å². The molecule has 1 aromatic carbocycles. The lowest BCUT2D eigenvalue weighted by atomic mass is 10.2. The molecular formula is C15H20N4O5S2. The average Bonchev–Trinajstić information content (AvgIpc) is 3.06. The van der Waals surface area contributed by atoms with Gasteiger partial charge in [-0.15, -0.1) is 0 Å². The van der Waals surface area contributed by atoms with Gasteiger partial charge in [0.25, 0.3) is 10.2 Å². The predicted octanol–water partition coefficient (Wildman–Crippen LogP) is -0.562. The van der Waals surface area contributed by atoms with E-state index < -0.39 is 32.4 Å². The fourth-order valence-electron chi connectivity index (χ4n) is 3.17. The first-order chi connectivity index (χ1) is 12.2. The van der Waals surface area contributed by atoms with Crippen LogP contribution in [0.4, 0.5) is 0 Å². The van der Waals surface area contributed by atoms with Gasteiger partial charge < -0.3 is 4.74 Å². The predicted molar refractivity (Wildman–Crippen MR) is 92.8 cm³/mol. The first-order valence-corrected chi connectivity index (χ1v) is 10.8. The summed E-state index contributed by atoms with van der Waals surface area (Å²) in [4.78, 5) is 0.0668. The number of nitriles is 1. The van der Waals surface area contributed by atoms with Crippen LogP contribution in [0.5, 0.6) is 0 Å². The number of rotatable bonds is 4. The minimum atomic E-state index is -3.80. The van der Waals surface area contributed by atoms with Gasteiger partial charge in [0.05, 0.1) is 35.3 Å². The molecule has 2 atom stereocenters. The summed E-state index contributed by atoms with van der Waals surface area (Å²) >= 11 is 0. The molecule has 2 aliphatic heterocycles. The highest BCUT2D eigenvalue weighted by Crippen LogP contribution is 2.30. The summed E-state index contributed by atoms with van der Waals surface area (Å²) in [6.45, 7) is 0.526. The average molecular weight is 400 g/mol. The number of fused-ring (bicyclic) bond motifs is 1. The Kier molecular flexibility index (Phi) is 5.08. The van der Waals surface area contributed by atoms with Gasteiger partial charge in [0, 0.05) is 33.7 Å². The SMILES string of the molecule is CN(C)S(=O)(=O)N1CCO[C@H]2CN(S(=O)(=O)c3ccc(C#N)cc3)C[C@H]21. The van der Waals surface area contributed by atoms with Crippen LogP contribution in [0, 0.1) is 11.3 Å². The van der Waals surface area contributed by atoms with E-state index in [1.807, 2.05) is 6.07 Å². The number of sulfonamides is 1. The van der Waals surface area contributed by atoms with Crippen LogP contribution >= 0.6 is 0 Å². The molecule has 11 heteroatoms. The van der Waals surface area contributed by atoms with E-state index in [2.05, 4.69) is 0 Å². The molecule has 26 heavy (non-hydrogen) atoms. The molecule has 0 bridgehead atoms. The fraction of sp³-hybridized carbons (Fsp3) is 0.533. The number of ether oxygens (including phenoxy) is 1. The van der Waals surface area contributed by atoms with Crippen LogP contribution in [-0.2, 0) is 25.0 Å². The van der Waals surface area contributed by atoms with Gasteiger partial charge in [0.1, 0.15) is 0 Å².